The molecule has 126 valence electrons. The van der Waals surface area contributed by atoms with Crippen LogP contribution in [0.15, 0.2) is 34.2 Å². The number of aryl methyl sites for hydroxylation is 1. The zero-order valence-corrected chi connectivity index (χ0v) is 15.7. The summed E-state index contributed by atoms with van der Waals surface area (Å²) >= 11 is 3.00. The molecule has 0 aromatic carbocycles. The van der Waals surface area contributed by atoms with Crippen molar-refractivity contribution in [2.75, 3.05) is 0 Å². The summed E-state index contributed by atoms with van der Waals surface area (Å²) in [5.41, 5.74) is 3.12. The largest absolute Gasteiger partial charge is 0.443 e. The average Bonchev–Trinajstić information content (AvgIpc) is 3.04. The second-order valence-corrected chi connectivity index (χ2v) is 8.15. The van der Waals surface area contributed by atoms with E-state index in [-0.39, 0.29) is 0 Å². The Morgan fingerprint density at radius 2 is 2.12 bits per heavy atom. The monoisotopic (exact) mass is 361 g/mol. The fourth-order valence-electron chi connectivity index (χ4n) is 2.09. The molecule has 0 aliphatic carbocycles. The highest BCUT2D eigenvalue weighted by molar-refractivity contribution is 7.98. The van der Waals surface area contributed by atoms with E-state index in [1.807, 2.05) is 56.8 Å². The highest BCUT2D eigenvalue weighted by Gasteiger charge is 2.23. The average molecular weight is 361 g/mol. The lowest BCUT2D eigenvalue weighted by molar-refractivity contribution is 0.0529. The molecule has 0 saturated heterocycles. The first-order valence-corrected chi connectivity index (χ1v) is 9.49. The first kappa shape index (κ1) is 17.0. The van der Waals surface area contributed by atoms with Crippen LogP contribution in [0.25, 0.3) is 11.0 Å². The fraction of sp³-hybridized carbons (Fsp3) is 0.353. The van der Waals surface area contributed by atoms with Crippen molar-refractivity contribution in [2.24, 2.45) is 0 Å². The Bertz CT molecular complexity index is 860. The quantitative estimate of drug-likeness (QED) is 0.623. The molecule has 5 nitrogen and oxygen atoms in total. The summed E-state index contributed by atoms with van der Waals surface area (Å²) in [6.07, 6.45) is 1.44. The third-order valence-corrected chi connectivity index (χ3v) is 4.86. The van der Waals surface area contributed by atoms with Crippen LogP contribution in [0.1, 0.15) is 32.0 Å². The van der Waals surface area contributed by atoms with E-state index in [4.69, 9.17) is 4.74 Å². The van der Waals surface area contributed by atoms with Gasteiger partial charge in [0.25, 0.3) is 0 Å². The lowest BCUT2D eigenvalue weighted by atomic mass is 10.2. The number of nitrogens with zero attached hydrogens (tertiary/aromatic N) is 3. The molecule has 0 spiro atoms. The minimum Gasteiger partial charge on any atom is -0.443 e. The van der Waals surface area contributed by atoms with Gasteiger partial charge in [0.2, 0.25) is 0 Å². The Balaban J connectivity index is 1.87. The minimum atomic E-state index is -0.551. The third kappa shape index (κ3) is 3.79. The molecule has 0 aliphatic rings. The molecular formula is C17H19N3O2S2. The Hall–Kier alpha value is -1.86. The number of thiophene rings is 1. The number of rotatable bonds is 3. The number of hydrogen-bond acceptors (Lipinski definition) is 6. The van der Waals surface area contributed by atoms with Gasteiger partial charge in [0.05, 0.1) is 11.2 Å². The molecule has 3 heterocycles. The number of carbonyl (C=O) groups is 1. The summed E-state index contributed by atoms with van der Waals surface area (Å²) in [4.78, 5) is 21.5. The van der Waals surface area contributed by atoms with E-state index < -0.39 is 11.7 Å². The maximum atomic E-state index is 12.6. The van der Waals surface area contributed by atoms with Crippen LogP contribution in [0, 0.1) is 6.92 Å². The second kappa shape index (κ2) is 6.57. The zero-order chi connectivity index (χ0) is 17.3. The first-order chi connectivity index (χ1) is 11.3. The lowest BCUT2D eigenvalue weighted by Crippen LogP contribution is -2.27. The molecule has 0 bridgehead atoms. The van der Waals surface area contributed by atoms with E-state index in [9.17, 15) is 4.79 Å². The van der Waals surface area contributed by atoms with Crippen molar-refractivity contribution in [3.63, 3.8) is 0 Å². The number of thioether (sulfide) groups is 1. The van der Waals surface area contributed by atoms with Gasteiger partial charge in [-0.2, -0.15) is 0 Å². The van der Waals surface area contributed by atoms with Crippen molar-refractivity contribution in [3.8, 4) is 0 Å². The number of aromatic nitrogens is 3. The van der Waals surface area contributed by atoms with Crippen LogP contribution in [0.4, 0.5) is 4.79 Å². The van der Waals surface area contributed by atoms with E-state index in [2.05, 4.69) is 9.97 Å². The molecule has 0 fully saturated rings. The van der Waals surface area contributed by atoms with Gasteiger partial charge < -0.3 is 4.74 Å². The van der Waals surface area contributed by atoms with Gasteiger partial charge in [-0.25, -0.2) is 14.3 Å². The van der Waals surface area contributed by atoms with Crippen LogP contribution < -0.4 is 0 Å². The van der Waals surface area contributed by atoms with E-state index in [0.29, 0.717) is 10.9 Å². The number of carbonyl (C=O) groups excluding carboxylic acids is 1. The topological polar surface area (TPSA) is 57.0 Å². The van der Waals surface area contributed by atoms with Gasteiger partial charge in [-0.15, -0.1) is 11.3 Å². The van der Waals surface area contributed by atoms with Crippen molar-refractivity contribution in [1.29, 1.82) is 0 Å². The summed E-state index contributed by atoms with van der Waals surface area (Å²) in [5.74, 6) is 0.645. The number of fused-ring (bicyclic) bond motifs is 1. The van der Waals surface area contributed by atoms with Crippen molar-refractivity contribution in [3.05, 3.63) is 40.3 Å². The minimum absolute atomic E-state index is 0.400. The maximum Gasteiger partial charge on any atom is 0.421 e. The molecule has 7 heteroatoms. The standard InChI is InChI=1S/C17H19N3O2S2/c1-11-5-6-12(18-7-11)8-24-15-19-13-9-23-10-14(13)20(15)16(21)22-17(2,3)4/h5-7,9-10H,8H2,1-4H3. The molecule has 3 rings (SSSR count). The van der Waals surface area contributed by atoms with Crippen molar-refractivity contribution >= 4 is 40.2 Å². The van der Waals surface area contributed by atoms with Crippen molar-refractivity contribution < 1.29 is 9.53 Å². The molecule has 24 heavy (non-hydrogen) atoms. The summed E-state index contributed by atoms with van der Waals surface area (Å²) < 4.78 is 7.08. The van der Waals surface area contributed by atoms with Gasteiger partial charge in [-0.3, -0.25) is 4.98 Å². The molecule has 0 amide bonds. The summed E-state index contributed by atoms with van der Waals surface area (Å²) in [6, 6.07) is 4.02. The summed E-state index contributed by atoms with van der Waals surface area (Å²) in [5, 5.41) is 4.48. The summed E-state index contributed by atoms with van der Waals surface area (Å²) in [7, 11) is 0. The van der Waals surface area contributed by atoms with E-state index in [1.54, 1.807) is 4.57 Å². The number of imidazole rings is 1. The molecule has 0 radical (unpaired) electrons. The summed E-state index contributed by atoms with van der Waals surface area (Å²) in [6.45, 7) is 7.58. The van der Waals surface area contributed by atoms with Crippen molar-refractivity contribution in [1.82, 2.24) is 14.5 Å². The Morgan fingerprint density at radius 3 is 2.79 bits per heavy atom. The maximum absolute atomic E-state index is 12.6. The van der Waals surface area contributed by atoms with Gasteiger partial charge in [0.15, 0.2) is 5.16 Å². The van der Waals surface area contributed by atoms with Crippen LogP contribution in [0.5, 0.6) is 0 Å². The van der Waals surface area contributed by atoms with Crippen molar-refractivity contribution in [2.45, 2.75) is 44.2 Å². The number of ether oxygens (including phenoxy) is 1. The molecule has 3 aromatic heterocycles. The van der Waals surface area contributed by atoms with Crippen LogP contribution in [-0.2, 0) is 10.5 Å². The number of hydrogen-bond donors (Lipinski definition) is 0. The van der Waals surface area contributed by atoms with Gasteiger partial charge in [-0.1, -0.05) is 17.8 Å². The third-order valence-electron chi connectivity index (χ3n) is 3.17. The van der Waals surface area contributed by atoms with Gasteiger partial charge in [0.1, 0.15) is 11.1 Å². The number of pyridine rings is 1. The van der Waals surface area contributed by atoms with Crippen LogP contribution in [0.3, 0.4) is 0 Å². The molecule has 0 saturated carbocycles. The lowest BCUT2D eigenvalue weighted by Gasteiger charge is -2.20. The Morgan fingerprint density at radius 1 is 1.33 bits per heavy atom. The van der Waals surface area contributed by atoms with Crippen LogP contribution in [-0.4, -0.2) is 26.2 Å². The smallest absolute Gasteiger partial charge is 0.421 e. The Labute approximate surface area is 149 Å². The van der Waals surface area contributed by atoms with Crippen LogP contribution in [0.2, 0.25) is 0 Å². The predicted molar refractivity (Wildman–Crippen MR) is 97.8 cm³/mol. The van der Waals surface area contributed by atoms with Gasteiger partial charge >= 0.3 is 6.09 Å². The molecule has 0 N–H and O–H groups in total. The van der Waals surface area contributed by atoms with E-state index >= 15 is 0 Å². The second-order valence-electron chi connectivity index (χ2n) is 6.47. The highest BCUT2D eigenvalue weighted by atomic mass is 32.2. The Kier molecular flexibility index (Phi) is 4.64. The van der Waals surface area contributed by atoms with Gasteiger partial charge in [-0.05, 0) is 39.3 Å². The molecule has 0 atom stereocenters. The molecular weight excluding hydrogens is 342 g/mol. The molecule has 0 unspecified atom stereocenters. The predicted octanol–water partition coefficient (Wildman–Crippen LogP) is 4.88. The highest BCUT2D eigenvalue weighted by Crippen LogP contribution is 2.29. The molecule has 0 aliphatic heterocycles. The van der Waals surface area contributed by atoms with E-state index in [1.165, 1.54) is 23.1 Å². The zero-order valence-electron chi connectivity index (χ0n) is 14.1. The SMILES string of the molecule is Cc1ccc(CSc2nc3cscc3n2C(=O)OC(C)(C)C)nc1. The first-order valence-electron chi connectivity index (χ1n) is 7.56. The normalized spacial score (nSPS) is 11.8. The van der Waals surface area contributed by atoms with Crippen LogP contribution >= 0.6 is 23.1 Å². The fourth-order valence-corrected chi connectivity index (χ4v) is 3.73. The van der Waals surface area contributed by atoms with Gasteiger partial charge in [0, 0.05) is 22.7 Å². The molecule has 3 aromatic rings. The van der Waals surface area contributed by atoms with E-state index in [0.717, 1.165) is 22.3 Å².